The molecule has 3 heterocycles. The number of nitrogens with one attached hydrogen (secondary N) is 1. The summed E-state index contributed by atoms with van der Waals surface area (Å²) < 4.78 is 33.5. The second-order valence-electron chi connectivity index (χ2n) is 7.43. The van der Waals surface area contributed by atoms with Gasteiger partial charge in [-0.1, -0.05) is 18.5 Å². The van der Waals surface area contributed by atoms with E-state index in [0.717, 1.165) is 4.88 Å². The minimum absolute atomic E-state index is 0.129. The maximum absolute atomic E-state index is 12.8. The number of hydrogen-bond donors (Lipinski definition) is 1. The standard InChI is InChI=1S/C18H26ClN3O5S2/c1-12(15-3-4-16(19)28-15)11-29(25,26)20-14-5-6-22(18(14)24)13(2)17(23)21-7-9-27-10-8-21/h3-4,12-14,20H,5-11H2,1-2H3/t12?,13-,14?/m0/s1. The molecule has 3 rings (SSSR count). The lowest BCUT2D eigenvalue weighted by atomic mass is 10.2. The first-order valence-corrected chi connectivity index (χ1v) is 12.4. The molecule has 1 aromatic rings. The topological polar surface area (TPSA) is 96.0 Å². The summed E-state index contributed by atoms with van der Waals surface area (Å²) in [6, 6.07) is 2.10. The number of amides is 2. The Morgan fingerprint density at radius 2 is 2.00 bits per heavy atom. The fourth-order valence-electron chi connectivity index (χ4n) is 3.65. The molecule has 29 heavy (non-hydrogen) atoms. The number of carbonyl (C=O) groups is 2. The van der Waals surface area contributed by atoms with Crippen molar-refractivity contribution in [3.05, 3.63) is 21.3 Å². The van der Waals surface area contributed by atoms with Gasteiger partial charge >= 0.3 is 0 Å². The number of thiophene rings is 1. The van der Waals surface area contributed by atoms with Crippen molar-refractivity contribution in [3.8, 4) is 0 Å². The van der Waals surface area contributed by atoms with Crippen LogP contribution in [0, 0.1) is 0 Å². The van der Waals surface area contributed by atoms with Gasteiger partial charge in [0.2, 0.25) is 21.8 Å². The lowest BCUT2D eigenvalue weighted by molar-refractivity contribution is -0.146. The highest BCUT2D eigenvalue weighted by atomic mass is 35.5. The Bertz CT molecular complexity index is 853. The van der Waals surface area contributed by atoms with E-state index < -0.39 is 22.1 Å². The summed E-state index contributed by atoms with van der Waals surface area (Å²) in [5, 5.41) is 0. The van der Waals surface area contributed by atoms with Gasteiger partial charge < -0.3 is 14.5 Å². The van der Waals surface area contributed by atoms with Crippen molar-refractivity contribution < 1.29 is 22.7 Å². The molecule has 2 saturated heterocycles. The molecule has 0 saturated carbocycles. The smallest absolute Gasteiger partial charge is 0.245 e. The van der Waals surface area contributed by atoms with E-state index in [-0.39, 0.29) is 23.5 Å². The average molecular weight is 464 g/mol. The zero-order chi connectivity index (χ0) is 21.2. The van der Waals surface area contributed by atoms with Crippen LogP contribution < -0.4 is 4.72 Å². The summed E-state index contributed by atoms with van der Waals surface area (Å²) in [5.74, 6) is -0.849. The fraction of sp³-hybridized carbons (Fsp3) is 0.667. The predicted octanol–water partition coefficient (Wildman–Crippen LogP) is 1.27. The molecule has 2 fully saturated rings. The van der Waals surface area contributed by atoms with Crippen molar-refractivity contribution >= 4 is 44.8 Å². The van der Waals surface area contributed by atoms with E-state index in [4.69, 9.17) is 16.3 Å². The number of hydrogen-bond acceptors (Lipinski definition) is 6. The van der Waals surface area contributed by atoms with Crippen molar-refractivity contribution in [2.24, 2.45) is 0 Å². The monoisotopic (exact) mass is 463 g/mol. The summed E-state index contributed by atoms with van der Waals surface area (Å²) in [7, 11) is -3.67. The Hall–Kier alpha value is -1.20. The molecule has 0 spiro atoms. The predicted molar refractivity (Wildman–Crippen MR) is 112 cm³/mol. The molecule has 2 unspecified atom stereocenters. The third-order valence-electron chi connectivity index (χ3n) is 5.26. The quantitative estimate of drug-likeness (QED) is 0.657. The van der Waals surface area contributed by atoms with Gasteiger partial charge in [0, 0.05) is 30.4 Å². The fourth-order valence-corrected chi connectivity index (χ4v) is 6.45. The number of morpholine rings is 1. The second kappa shape index (κ2) is 9.30. The van der Waals surface area contributed by atoms with Crippen molar-refractivity contribution in [2.45, 2.75) is 38.3 Å². The van der Waals surface area contributed by atoms with E-state index in [0.29, 0.717) is 43.6 Å². The van der Waals surface area contributed by atoms with Gasteiger partial charge in [-0.15, -0.1) is 11.3 Å². The van der Waals surface area contributed by atoms with Crippen LogP contribution in [-0.4, -0.2) is 80.7 Å². The van der Waals surface area contributed by atoms with E-state index >= 15 is 0 Å². The molecule has 2 aliphatic rings. The molecule has 1 N–H and O–H groups in total. The van der Waals surface area contributed by atoms with Crippen LogP contribution in [0.4, 0.5) is 0 Å². The number of ether oxygens (including phenoxy) is 1. The van der Waals surface area contributed by atoms with Gasteiger partial charge in [-0.2, -0.15) is 0 Å². The van der Waals surface area contributed by atoms with E-state index in [2.05, 4.69) is 4.72 Å². The van der Waals surface area contributed by atoms with Gasteiger partial charge in [0.25, 0.3) is 0 Å². The summed E-state index contributed by atoms with van der Waals surface area (Å²) in [5.41, 5.74) is 0. The lowest BCUT2D eigenvalue weighted by Gasteiger charge is -2.32. The van der Waals surface area contributed by atoms with Crippen LogP contribution in [0.3, 0.4) is 0 Å². The van der Waals surface area contributed by atoms with Crippen molar-refractivity contribution in [3.63, 3.8) is 0 Å². The van der Waals surface area contributed by atoms with Gasteiger partial charge in [0.1, 0.15) is 12.1 Å². The van der Waals surface area contributed by atoms with Crippen LogP contribution in [0.2, 0.25) is 4.34 Å². The van der Waals surface area contributed by atoms with Gasteiger partial charge in [-0.05, 0) is 25.5 Å². The molecule has 0 radical (unpaired) electrons. The number of rotatable bonds is 7. The molecular formula is C18H26ClN3O5S2. The Morgan fingerprint density at radius 3 is 2.62 bits per heavy atom. The number of carbonyl (C=O) groups excluding carboxylic acids is 2. The molecule has 0 bridgehead atoms. The minimum Gasteiger partial charge on any atom is -0.378 e. The van der Waals surface area contributed by atoms with Crippen LogP contribution in [0.1, 0.15) is 31.1 Å². The highest BCUT2D eigenvalue weighted by molar-refractivity contribution is 7.89. The molecule has 2 aliphatic heterocycles. The van der Waals surface area contributed by atoms with Crippen molar-refractivity contribution in [1.82, 2.24) is 14.5 Å². The summed E-state index contributed by atoms with van der Waals surface area (Å²) in [6.07, 6.45) is 0.345. The Morgan fingerprint density at radius 1 is 1.31 bits per heavy atom. The van der Waals surface area contributed by atoms with Crippen molar-refractivity contribution in [1.29, 1.82) is 0 Å². The molecule has 8 nitrogen and oxygen atoms in total. The number of halogens is 1. The molecule has 1 aromatic heterocycles. The van der Waals surface area contributed by atoms with Crippen LogP contribution >= 0.6 is 22.9 Å². The lowest BCUT2D eigenvalue weighted by Crippen LogP contribution is -2.52. The molecule has 11 heteroatoms. The van der Waals surface area contributed by atoms with Crippen LogP contribution in [0.15, 0.2) is 12.1 Å². The third kappa shape index (κ3) is 5.49. The highest BCUT2D eigenvalue weighted by Crippen LogP contribution is 2.29. The molecular weight excluding hydrogens is 438 g/mol. The SMILES string of the molecule is CC(CS(=O)(=O)NC1CCN([C@@H](C)C(=O)N2CCOCC2)C1=O)c1ccc(Cl)s1. The Kier molecular flexibility index (Phi) is 7.21. The van der Waals surface area contributed by atoms with Gasteiger partial charge in [0.05, 0.1) is 23.3 Å². The van der Waals surface area contributed by atoms with Gasteiger partial charge in [0.15, 0.2) is 0 Å². The van der Waals surface area contributed by atoms with E-state index in [1.54, 1.807) is 17.9 Å². The zero-order valence-electron chi connectivity index (χ0n) is 16.5. The molecule has 162 valence electrons. The summed E-state index contributed by atoms with van der Waals surface area (Å²) in [6.45, 7) is 5.84. The molecule has 2 amide bonds. The molecule has 0 aliphatic carbocycles. The van der Waals surface area contributed by atoms with Gasteiger partial charge in [-0.3, -0.25) is 9.59 Å². The molecule has 0 aromatic carbocycles. The summed E-state index contributed by atoms with van der Waals surface area (Å²) in [4.78, 5) is 29.4. The van der Waals surface area contributed by atoms with Crippen molar-refractivity contribution in [2.75, 3.05) is 38.6 Å². The van der Waals surface area contributed by atoms with E-state index in [9.17, 15) is 18.0 Å². The maximum atomic E-state index is 12.8. The number of nitrogens with zero attached hydrogens (tertiary/aromatic N) is 2. The Labute approximate surface area is 180 Å². The van der Waals surface area contributed by atoms with Crippen LogP contribution in [0.25, 0.3) is 0 Å². The van der Waals surface area contributed by atoms with Crippen LogP contribution in [0.5, 0.6) is 0 Å². The first kappa shape index (κ1) is 22.5. The highest BCUT2D eigenvalue weighted by Gasteiger charge is 2.40. The largest absolute Gasteiger partial charge is 0.378 e. The number of sulfonamides is 1. The first-order chi connectivity index (χ1) is 13.7. The third-order valence-corrected chi connectivity index (χ3v) is 8.30. The molecule has 3 atom stereocenters. The van der Waals surface area contributed by atoms with Gasteiger partial charge in [-0.25, -0.2) is 13.1 Å². The normalized spacial score (nSPS) is 22.7. The maximum Gasteiger partial charge on any atom is 0.245 e. The first-order valence-electron chi connectivity index (χ1n) is 9.60. The van der Waals surface area contributed by atoms with E-state index in [1.807, 2.05) is 13.0 Å². The van der Waals surface area contributed by atoms with Crippen LogP contribution in [-0.2, 0) is 24.3 Å². The van der Waals surface area contributed by atoms with E-state index in [1.165, 1.54) is 16.2 Å². The number of likely N-dealkylation sites (tertiary alicyclic amines) is 1. The zero-order valence-corrected chi connectivity index (χ0v) is 18.9. The second-order valence-corrected chi connectivity index (χ2v) is 11.0. The Balaban J connectivity index is 1.58. The minimum atomic E-state index is -3.67. The summed E-state index contributed by atoms with van der Waals surface area (Å²) >= 11 is 7.27. The average Bonchev–Trinajstić information content (AvgIpc) is 3.27.